The second-order valence-electron chi connectivity index (χ2n) is 4.47. The Kier molecular flexibility index (Phi) is 3.50. The molecule has 3 nitrogen and oxygen atoms in total. The van der Waals surface area contributed by atoms with Gasteiger partial charge in [0.2, 0.25) is 0 Å². The first-order valence-corrected chi connectivity index (χ1v) is 6.70. The first-order chi connectivity index (χ1) is 9.86. The monoisotopic (exact) mass is 264 g/mol. The van der Waals surface area contributed by atoms with Gasteiger partial charge in [-0.1, -0.05) is 42.5 Å². The van der Waals surface area contributed by atoms with Gasteiger partial charge in [-0.2, -0.15) is 0 Å². The number of aromatic nitrogens is 2. The van der Waals surface area contributed by atoms with Gasteiger partial charge in [0.25, 0.3) is 0 Å². The summed E-state index contributed by atoms with van der Waals surface area (Å²) < 4.78 is 5.53. The van der Waals surface area contributed by atoms with E-state index >= 15 is 0 Å². The summed E-state index contributed by atoms with van der Waals surface area (Å²) in [6.07, 6.45) is 1.85. The maximum Gasteiger partial charge on any atom is 0.137 e. The molecule has 3 heteroatoms. The van der Waals surface area contributed by atoms with Crippen molar-refractivity contribution in [3.8, 4) is 28.4 Å². The van der Waals surface area contributed by atoms with Crippen molar-refractivity contribution < 1.29 is 4.74 Å². The zero-order valence-corrected chi connectivity index (χ0v) is 11.3. The van der Waals surface area contributed by atoms with Gasteiger partial charge in [-0.25, -0.2) is 4.98 Å². The van der Waals surface area contributed by atoms with Crippen molar-refractivity contribution in [2.24, 2.45) is 0 Å². The van der Waals surface area contributed by atoms with Crippen LogP contribution >= 0.6 is 0 Å². The average Bonchev–Trinajstić information content (AvgIpc) is 2.99. The van der Waals surface area contributed by atoms with Crippen molar-refractivity contribution in [3.05, 3.63) is 60.8 Å². The molecule has 3 rings (SSSR count). The largest absolute Gasteiger partial charge is 0.494 e. The summed E-state index contributed by atoms with van der Waals surface area (Å²) in [7, 11) is 0. The lowest BCUT2D eigenvalue weighted by atomic mass is 10.1. The van der Waals surface area contributed by atoms with Crippen LogP contribution in [0.25, 0.3) is 22.6 Å². The van der Waals surface area contributed by atoms with E-state index in [-0.39, 0.29) is 0 Å². The van der Waals surface area contributed by atoms with Gasteiger partial charge >= 0.3 is 0 Å². The molecule has 0 atom stereocenters. The molecule has 0 spiro atoms. The van der Waals surface area contributed by atoms with Crippen LogP contribution in [0.2, 0.25) is 0 Å². The van der Waals surface area contributed by atoms with E-state index in [9.17, 15) is 0 Å². The number of H-pyrrole nitrogens is 1. The molecule has 0 radical (unpaired) electrons. The highest BCUT2D eigenvalue weighted by atomic mass is 16.5. The van der Waals surface area contributed by atoms with Crippen LogP contribution in [0.3, 0.4) is 0 Å². The van der Waals surface area contributed by atoms with Crippen molar-refractivity contribution in [2.45, 2.75) is 6.92 Å². The minimum Gasteiger partial charge on any atom is -0.494 e. The van der Waals surface area contributed by atoms with Crippen LogP contribution < -0.4 is 4.74 Å². The fraction of sp³-hybridized carbons (Fsp3) is 0.118. The van der Waals surface area contributed by atoms with Crippen LogP contribution in [0, 0.1) is 0 Å². The van der Waals surface area contributed by atoms with E-state index in [1.807, 2.05) is 67.7 Å². The summed E-state index contributed by atoms with van der Waals surface area (Å²) in [5.74, 6) is 1.75. The molecule has 0 unspecified atom stereocenters. The van der Waals surface area contributed by atoms with E-state index in [0.29, 0.717) is 6.61 Å². The number of ether oxygens (including phenoxy) is 1. The molecule has 20 heavy (non-hydrogen) atoms. The Morgan fingerprint density at radius 1 is 1.00 bits per heavy atom. The van der Waals surface area contributed by atoms with E-state index in [1.54, 1.807) is 0 Å². The van der Waals surface area contributed by atoms with Crippen LogP contribution in [-0.2, 0) is 0 Å². The summed E-state index contributed by atoms with van der Waals surface area (Å²) in [6, 6.07) is 18.1. The molecule has 0 saturated carbocycles. The summed E-state index contributed by atoms with van der Waals surface area (Å²) in [5, 5.41) is 0. The van der Waals surface area contributed by atoms with Crippen LogP contribution in [-0.4, -0.2) is 16.6 Å². The van der Waals surface area contributed by atoms with Gasteiger partial charge in [0, 0.05) is 11.1 Å². The molecule has 1 N–H and O–H groups in total. The lowest BCUT2D eigenvalue weighted by Crippen LogP contribution is -1.91. The highest BCUT2D eigenvalue weighted by molar-refractivity contribution is 5.65. The Morgan fingerprint density at radius 3 is 2.60 bits per heavy atom. The highest BCUT2D eigenvalue weighted by Gasteiger charge is 2.05. The fourth-order valence-corrected chi connectivity index (χ4v) is 2.13. The molecule has 1 aromatic heterocycles. The van der Waals surface area contributed by atoms with Crippen molar-refractivity contribution in [1.82, 2.24) is 9.97 Å². The van der Waals surface area contributed by atoms with Gasteiger partial charge in [-0.05, 0) is 19.1 Å². The molecule has 1 heterocycles. The highest BCUT2D eigenvalue weighted by Crippen LogP contribution is 2.25. The number of nitrogens with zero attached hydrogens (tertiary/aromatic N) is 1. The van der Waals surface area contributed by atoms with Crippen LogP contribution in [0.15, 0.2) is 60.8 Å². The second-order valence-corrected chi connectivity index (χ2v) is 4.47. The number of rotatable bonds is 4. The van der Waals surface area contributed by atoms with E-state index < -0.39 is 0 Å². The van der Waals surface area contributed by atoms with Gasteiger partial charge in [-0.15, -0.1) is 0 Å². The molecular weight excluding hydrogens is 248 g/mol. The topological polar surface area (TPSA) is 37.9 Å². The molecule has 0 aliphatic carbocycles. The quantitative estimate of drug-likeness (QED) is 0.769. The van der Waals surface area contributed by atoms with Crippen molar-refractivity contribution in [3.63, 3.8) is 0 Å². The maximum atomic E-state index is 5.53. The number of hydrogen-bond donors (Lipinski definition) is 1. The average molecular weight is 264 g/mol. The maximum absolute atomic E-state index is 5.53. The first-order valence-electron chi connectivity index (χ1n) is 6.70. The Morgan fingerprint density at radius 2 is 1.80 bits per heavy atom. The van der Waals surface area contributed by atoms with Gasteiger partial charge < -0.3 is 9.72 Å². The zero-order chi connectivity index (χ0) is 13.8. The van der Waals surface area contributed by atoms with Gasteiger partial charge in [-0.3, -0.25) is 0 Å². The third kappa shape index (κ3) is 2.57. The molecule has 0 saturated heterocycles. The molecular formula is C17H16N2O. The molecule has 0 fully saturated rings. The summed E-state index contributed by atoms with van der Waals surface area (Å²) in [5.41, 5.74) is 3.15. The number of nitrogens with one attached hydrogen (secondary N) is 1. The second kappa shape index (κ2) is 5.61. The third-order valence-corrected chi connectivity index (χ3v) is 3.08. The van der Waals surface area contributed by atoms with Gasteiger partial charge in [0.05, 0.1) is 18.5 Å². The van der Waals surface area contributed by atoms with Gasteiger partial charge in [0.1, 0.15) is 11.6 Å². The van der Waals surface area contributed by atoms with Crippen molar-refractivity contribution >= 4 is 0 Å². The molecule has 0 aliphatic rings. The van der Waals surface area contributed by atoms with Crippen molar-refractivity contribution in [1.29, 1.82) is 0 Å². The Balaban J connectivity index is 1.92. The van der Waals surface area contributed by atoms with Gasteiger partial charge in [0.15, 0.2) is 0 Å². The molecule has 0 aliphatic heterocycles. The molecule has 3 aromatic rings. The first kappa shape index (κ1) is 12.5. The van der Waals surface area contributed by atoms with Crippen molar-refractivity contribution in [2.75, 3.05) is 6.61 Å². The summed E-state index contributed by atoms with van der Waals surface area (Å²) >= 11 is 0. The zero-order valence-electron chi connectivity index (χ0n) is 11.3. The van der Waals surface area contributed by atoms with Crippen LogP contribution in [0.5, 0.6) is 5.75 Å². The minimum atomic E-state index is 0.668. The third-order valence-electron chi connectivity index (χ3n) is 3.08. The van der Waals surface area contributed by atoms with E-state index in [1.165, 1.54) is 0 Å². The van der Waals surface area contributed by atoms with Crippen LogP contribution in [0.1, 0.15) is 6.92 Å². The fourth-order valence-electron chi connectivity index (χ4n) is 2.13. The van der Waals surface area contributed by atoms with E-state index in [2.05, 4.69) is 9.97 Å². The van der Waals surface area contributed by atoms with E-state index in [4.69, 9.17) is 4.74 Å². The lowest BCUT2D eigenvalue weighted by molar-refractivity contribution is 0.340. The van der Waals surface area contributed by atoms with Crippen LogP contribution in [0.4, 0.5) is 0 Å². The predicted molar refractivity (Wildman–Crippen MR) is 80.6 cm³/mol. The summed E-state index contributed by atoms with van der Waals surface area (Å²) in [4.78, 5) is 7.79. The smallest absolute Gasteiger partial charge is 0.137 e. The number of benzene rings is 2. The molecule has 2 aromatic carbocycles. The molecule has 0 amide bonds. The number of aromatic amines is 1. The molecule has 0 bridgehead atoms. The number of imidazole rings is 1. The molecule has 100 valence electrons. The van der Waals surface area contributed by atoms with E-state index in [0.717, 1.165) is 28.4 Å². The summed E-state index contributed by atoms with van der Waals surface area (Å²) in [6.45, 7) is 2.65. The Hall–Kier alpha value is -2.55. The standard InChI is InChI=1S/C17H16N2O/c1-2-20-15-10-6-9-14(11-15)16-12-18-17(19-16)13-7-4-3-5-8-13/h3-12H,2H2,1H3,(H,18,19). The normalized spacial score (nSPS) is 10.4. The minimum absolute atomic E-state index is 0.668. The Labute approximate surface area is 118 Å². The predicted octanol–water partition coefficient (Wildman–Crippen LogP) is 4.14. The Bertz CT molecular complexity index is 689. The lowest BCUT2D eigenvalue weighted by Gasteiger charge is -2.04. The SMILES string of the molecule is CCOc1cccc(-c2cnc(-c3ccccc3)[nH]2)c1. The number of hydrogen-bond acceptors (Lipinski definition) is 2.